The SMILES string of the molecule is FC(F)(F)c1ccc(-c2nc(-c3ccccc3)nc(-c3cccc(-c4ccc5cccc(-c6cccc(-c7nc(-c8ccccc8)nc(-c8ccc(C(F)(F)F)cc8)n7)c6)c5c4)c3)n2)cc1. The van der Waals surface area contributed by atoms with Crippen molar-refractivity contribution in [2.24, 2.45) is 0 Å². The van der Waals surface area contributed by atoms with Gasteiger partial charge in [-0.15, -0.1) is 0 Å². The first-order chi connectivity index (χ1) is 31.9. The summed E-state index contributed by atoms with van der Waals surface area (Å²) in [6, 6.07) is 56.0. The van der Waals surface area contributed by atoms with E-state index >= 15 is 0 Å². The molecule has 2 heterocycles. The first-order valence-electron chi connectivity index (χ1n) is 20.7. The van der Waals surface area contributed by atoms with Crippen molar-refractivity contribution < 1.29 is 26.3 Å². The summed E-state index contributed by atoms with van der Waals surface area (Å²) in [5.74, 6) is 1.94. The van der Waals surface area contributed by atoms with Crippen LogP contribution in [-0.4, -0.2) is 29.9 Å². The van der Waals surface area contributed by atoms with Gasteiger partial charge >= 0.3 is 12.4 Å². The minimum atomic E-state index is -4.49. The van der Waals surface area contributed by atoms with Gasteiger partial charge in [0.25, 0.3) is 0 Å². The lowest BCUT2D eigenvalue weighted by molar-refractivity contribution is -0.138. The highest BCUT2D eigenvalue weighted by molar-refractivity contribution is 5.99. The highest BCUT2D eigenvalue weighted by Gasteiger charge is 2.31. The van der Waals surface area contributed by atoms with Gasteiger partial charge in [0.2, 0.25) is 0 Å². The van der Waals surface area contributed by atoms with E-state index in [0.717, 1.165) is 68.4 Å². The molecule has 0 spiro atoms. The molecule has 0 aliphatic carbocycles. The third-order valence-corrected chi connectivity index (χ3v) is 11.0. The number of nitrogens with zero attached hydrogens (tertiary/aromatic N) is 6. The van der Waals surface area contributed by atoms with Gasteiger partial charge in [0.1, 0.15) is 0 Å². The number of halogens is 6. The van der Waals surface area contributed by atoms with E-state index in [1.807, 2.05) is 133 Å². The zero-order valence-electron chi connectivity index (χ0n) is 34.4. The quantitative estimate of drug-likeness (QED) is 0.142. The number of benzene rings is 8. The smallest absolute Gasteiger partial charge is 0.208 e. The van der Waals surface area contributed by atoms with Gasteiger partial charge < -0.3 is 0 Å². The second kappa shape index (κ2) is 17.0. The maximum Gasteiger partial charge on any atom is 0.416 e. The molecule has 2 aromatic heterocycles. The van der Waals surface area contributed by atoms with Crippen molar-refractivity contribution in [2.75, 3.05) is 0 Å². The number of aromatic nitrogens is 6. The summed E-state index contributed by atoms with van der Waals surface area (Å²) in [4.78, 5) is 28.5. The van der Waals surface area contributed by atoms with Crippen LogP contribution in [0.4, 0.5) is 26.3 Å². The van der Waals surface area contributed by atoms with Crippen LogP contribution in [0, 0.1) is 0 Å². The van der Waals surface area contributed by atoms with Gasteiger partial charge in [-0.3, -0.25) is 0 Å². The molecule has 0 saturated carbocycles. The van der Waals surface area contributed by atoms with Crippen molar-refractivity contribution in [2.45, 2.75) is 12.4 Å². The summed E-state index contributed by atoms with van der Waals surface area (Å²) < 4.78 is 80.6. The maximum absolute atomic E-state index is 13.4. The van der Waals surface area contributed by atoms with E-state index in [0.29, 0.717) is 45.6 Å². The molecule has 0 bridgehead atoms. The van der Waals surface area contributed by atoms with E-state index in [2.05, 4.69) is 22.1 Å². The van der Waals surface area contributed by atoms with Crippen LogP contribution >= 0.6 is 0 Å². The van der Waals surface area contributed by atoms with Crippen LogP contribution < -0.4 is 0 Å². The van der Waals surface area contributed by atoms with E-state index in [1.165, 1.54) is 24.3 Å². The Morgan fingerprint density at radius 2 is 0.591 bits per heavy atom. The molecule has 0 aliphatic rings. The summed E-state index contributed by atoms with van der Waals surface area (Å²) in [7, 11) is 0. The molecule has 8 aromatic carbocycles. The van der Waals surface area contributed by atoms with E-state index in [-0.39, 0.29) is 11.6 Å². The third kappa shape index (κ3) is 8.64. The Balaban J connectivity index is 1.03. The summed E-state index contributed by atoms with van der Waals surface area (Å²) in [6.07, 6.45) is -8.97. The van der Waals surface area contributed by atoms with Gasteiger partial charge in [-0.2, -0.15) is 26.3 Å². The number of fused-ring (bicyclic) bond motifs is 1. The van der Waals surface area contributed by atoms with Gasteiger partial charge in [0.15, 0.2) is 34.9 Å². The second-order valence-corrected chi connectivity index (χ2v) is 15.4. The molecule has 12 heteroatoms. The molecule has 6 nitrogen and oxygen atoms in total. The first kappa shape index (κ1) is 41.6. The van der Waals surface area contributed by atoms with Gasteiger partial charge in [-0.25, -0.2) is 29.9 Å². The molecule has 0 amide bonds. The Morgan fingerprint density at radius 3 is 1.05 bits per heavy atom. The van der Waals surface area contributed by atoms with Crippen LogP contribution in [0.15, 0.2) is 194 Å². The standard InChI is InChI=1S/C54H32F6N6/c55-53(56,57)43-26-22-36(23-27-43)49-61-47(34-10-3-1-4-11-34)63-51(65-49)41-17-7-15-38(30-41)39-21-20-33-14-9-19-45(46(33)32-39)40-16-8-18-42(31-40)52-64-48(35-12-5-2-6-13-35)62-50(66-52)37-24-28-44(29-25-37)54(58,59)60/h1-32H. The Labute approximate surface area is 374 Å². The number of alkyl halides is 6. The highest BCUT2D eigenvalue weighted by Crippen LogP contribution is 2.37. The summed E-state index contributed by atoms with van der Waals surface area (Å²) >= 11 is 0. The van der Waals surface area contributed by atoms with Crippen LogP contribution in [0.25, 0.3) is 101 Å². The van der Waals surface area contributed by atoms with E-state index in [1.54, 1.807) is 0 Å². The zero-order valence-corrected chi connectivity index (χ0v) is 34.4. The lowest BCUT2D eigenvalue weighted by atomic mass is 9.93. The molecule has 10 rings (SSSR count). The Hall–Kier alpha value is -8.38. The third-order valence-electron chi connectivity index (χ3n) is 11.0. The molecule has 0 atom stereocenters. The molecule has 0 fully saturated rings. The highest BCUT2D eigenvalue weighted by atomic mass is 19.4. The monoisotopic (exact) mass is 878 g/mol. The predicted octanol–water partition coefficient (Wildman–Crippen LogP) is 14.6. The molecule has 0 saturated heterocycles. The molecule has 0 unspecified atom stereocenters. The average Bonchev–Trinajstić information content (AvgIpc) is 3.36. The lowest BCUT2D eigenvalue weighted by Gasteiger charge is -2.13. The first-order valence-corrected chi connectivity index (χ1v) is 20.7. The van der Waals surface area contributed by atoms with Crippen LogP contribution in [0.2, 0.25) is 0 Å². The van der Waals surface area contributed by atoms with E-state index < -0.39 is 23.5 Å². The van der Waals surface area contributed by atoms with Gasteiger partial charge in [0, 0.05) is 33.4 Å². The second-order valence-electron chi connectivity index (χ2n) is 15.4. The molecule has 10 aromatic rings. The number of hydrogen-bond donors (Lipinski definition) is 0. The van der Waals surface area contributed by atoms with Crippen molar-refractivity contribution >= 4 is 10.8 Å². The fraction of sp³-hybridized carbons (Fsp3) is 0.0370. The van der Waals surface area contributed by atoms with Crippen molar-refractivity contribution in [3.63, 3.8) is 0 Å². The van der Waals surface area contributed by atoms with Crippen LogP contribution in [0.3, 0.4) is 0 Å². The summed E-state index contributed by atoms with van der Waals surface area (Å²) in [5, 5.41) is 1.97. The van der Waals surface area contributed by atoms with Crippen molar-refractivity contribution in [3.8, 4) is 90.6 Å². The topological polar surface area (TPSA) is 77.3 Å². The molecule has 0 aliphatic heterocycles. The fourth-order valence-electron chi connectivity index (χ4n) is 7.69. The van der Waals surface area contributed by atoms with E-state index in [4.69, 9.17) is 19.9 Å². The van der Waals surface area contributed by atoms with Crippen LogP contribution in [-0.2, 0) is 12.4 Å². The number of hydrogen-bond acceptors (Lipinski definition) is 6. The molecule has 320 valence electrons. The molecule has 66 heavy (non-hydrogen) atoms. The summed E-state index contributed by atoms with van der Waals surface area (Å²) in [5.41, 5.74) is 5.74. The Kier molecular flexibility index (Phi) is 10.7. The minimum Gasteiger partial charge on any atom is -0.208 e. The van der Waals surface area contributed by atoms with Crippen LogP contribution in [0.5, 0.6) is 0 Å². The largest absolute Gasteiger partial charge is 0.416 e. The maximum atomic E-state index is 13.4. The average molecular weight is 879 g/mol. The van der Waals surface area contributed by atoms with Crippen LogP contribution in [0.1, 0.15) is 11.1 Å². The Morgan fingerprint density at radius 1 is 0.258 bits per heavy atom. The minimum absolute atomic E-state index is 0.235. The van der Waals surface area contributed by atoms with Crippen molar-refractivity contribution in [3.05, 3.63) is 205 Å². The van der Waals surface area contributed by atoms with Crippen molar-refractivity contribution in [1.82, 2.24) is 29.9 Å². The molecular formula is C54H32F6N6. The molecule has 0 N–H and O–H groups in total. The zero-order chi connectivity index (χ0) is 45.4. The lowest BCUT2D eigenvalue weighted by Crippen LogP contribution is -2.05. The molecular weight excluding hydrogens is 847 g/mol. The number of rotatable bonds is 8. The van der Waals surface area contributed by atoms with Gasteiger partial charge in [0.05, 0.1) is 11.1 Å². The fourth-order valence-corrected chi connectivity index (χ4v) is 7.69. The predicted molar refractivity (Wildman–Crippen MR) is 244 cm³/mol. The van der Waals surface area contributed by atoms with Gasteiger partial charge in [-0.1, -0.05) is 152 Å². The summed E-state index contributed by atoms with van der Waals surface area (Å²) in [6.45, 7) is 0. The van der Waals surface area contributed by atoms with Gasteiger partial charge in [-0.05, 0) is 75.5 Å². The van der Waals surface area contributed by atoms with E-state index in [9.17, 15) is 26.3 Å². The van der Waals surface area contributed by atoms with Crippen molar-refractivity contribution in [1.29, 1.82) is 0 Å². The normalized spacial score (nSPS) is 11.8. The Bertz CT molecular complexity index is 3380. The molecule has 0 radical (unpaired) electrons.